The number of para-hydroxylation sites is 1. The molecule has 0 bridgehead atoms. The van der Waals surface area contributed by atoms with Gasteiger partial charge in [0.1, 0.15) is 6.04 Å². The average Bonchev–Trinajstić information content (AvgIpc) is 3.18. The maximum Gasteiger partial charge on any atom is 0.247 e. The van der Waals surface area contributed by atoms with Crippen molar-refractivity contribution in [1.82, 2.24) is 10.2 Å². The summed E-state index contributed by atoms with van der Waals surface area (Å²) < 4.78 is 32.3. The molecule has 1 atom stereocenters. The molecule has 2 aromatic carbocycles. The van der Waals surface area contributed by atoms with E-state index < -0.39 is 21.6 Å². The molecule has 4 rings (SSSR count). The lowest BCUT2D eigenvalue weighted by molar-refractivity contribution is -0.140. The van der Waals surface area contributed by atoms with E-state index in [0.29, 0.717) is 39.1 Å². The van der Waals surface area contributed by atoms with Gasteiger partial charge in [0.15, 0.2) is 0 Å². The molecule has 2 amide bonds. The van der Waals surface area contributed by atoms with E-state index in [2.05, 4.69) is 5.32 Å². The molecule has 2 heterocycles. The van der Waals surface area contributed by atoms with Crippen molar-refractivity contribution in [3.05, 3.63) is 65.7 Å². The predicted molar refractivity (Wildman–Crippen MR) is 147 cm³/mol. The third kappa shape index (κ3) is 6.54. The monoisotopic (exact) mass is 542 g/mol. The van der Waals surface area contributed by atoms with Crippen molar-refractivity contribution in [2.24, 2.45) is 5.73 Å². The number of ether oxygens (including phenoxy) is 1. The number of carbonyl (C=O) groups excluding carboxylic acids is 2. The summed E-state index contributed by atoms with van der Waals surface area (Å²) in [6.07, 6.45) is 2.57. The van der Waals surface area contributed by atoms with Crippen LogP contribution in [0.4, 0.5) is 5.69 Å². The van der Waals surface area contributed by atoms with Crippen molar-refractivity contribution in [2.75, 3.05) is 36.8 Å². The molecule has 0 unspecified atom stereocenters. The number of anilines is 1. The number of hydrogen-bond acceptors (Lipinski definition) is 6. The lowest BCUT2D eigenvalue weighted by Gasteiger charge is -2.41. The number of nitrogens with one attached hydrogen (secondary N) is 1. The Morgan fingerprint density at radius 2 is 1.71 bits per heavy atom. The van der Waals surface area contributed by atoms with Gasteiger partial charge in [-0.25, -0.2) is 8.42 Å². The summed E-state index contributed by atoms with van der Waals surface area (Å²) >= 11 is 0. The Labute approximate surface area is 225 Å². The van der Waals surface area contributed by atoms with Gasteiger partial charge < -0.3 is 20.7 Å². The van der Waals surface area contributed by atoms with Crippen LogP contribution in [0.2, 0.25) is 0 Å². The zero-order chi connectivity index (χ0) is 27.6. The highest BCUT2D eigenvalue weighted by molar-refractivity contribution is 7.92. The van der Waals surface area contributed by atoms with Crippen molar-refractivity contribution in [1.29, 1.82) is 0 Å². The molecule has 1 spiro atoms. The van der Waals surface area contributed by atoms with Crippen LogP contribution >= 0.6 is 0 Å². The van der Waals surface area contributed by atoms with Gasteiger partial charge in [0, 0.05) is 37.0 Å². The van der Waals surface area contributed by atoms with E-state index in [-0.39, 0.29) is 30.3 Å². The largest absolute Gasteiger partial charge is 0.374 e. The molecule has 1 saturated heterocycles. The quantitative estimate of drug-likeness (QED) is 0.501. The maximum absolute atomic E-state index is 13.6. The molecule has 0 radical (unpaired) electrons. The Kier molecular flexibility index (Phi) is 8.15. The highest BCUT2D eigenvalue weighted by atomic mass is 32.2. The van der Waals surface area contributed by atoms with Crippen LogP contribution < -0.4 is 15.4 Å². The molecule has 9 nitrogen and oxygen atoms in total. The first-order chi connectivity index (χ1) is 17.9. The second-order valence-electron chi connectivity index (χ2n) is 11.2. The van der Waals surface area contributed by atoms with E-state index in [1.54, 1.807) is 18.7 Å². The van der Waals surface area contributed by atoms with Crippen LogP contribution in [0.5, 0.6) is 0 Å². The second kappa shape index (κ2) is 11.0. The molecule has 206 valence electrons. The summed E-state index contributed by atoms with van der Waals surface area (Å²) in [7, 11) is -3.42. The van der Waals surface area contributed by atoms with Crippen LogP contribution in [-0.4, -0.2) is 69.2 Å². The number of sulfonamides is 1. The fraction of sp³-hybridized carbons (Fsp3) is 0.500. The fourth-order valence-corrected chi connectivity index (χ4v) is 6.38. The highest BCUT2D eigenvalue weighted by Gasteiger charge is 2.47. The number of carbonyl (C=O) groups is 2. The molecule has 0 aliphatic carbocycles. The van der Waals surface area contributed by atoms with Crippen LogP contribution in [0.1, 0.15) is 44.2 Å². The first-order valence-electron chi connectivity index (χ1n) is 12.9. The van der Waals surface area contributed by atoms with Crippen LogP contribution in [0.25, 0.3) is 0 Å². The number of benzene rings is 2. The summed E-state index contributed by atoms with van der Waals surface area (Å²) in [5.74, 6) is -0.511. The Morgan fingerprint density at radius 1 is 1.08 bits per heavy atom. The molecular weight excluding hydrogens is 504 g/mol. The summed E-state index contributed by atoms with van der Waals surface area (Å²) in [6, 6.07) is 16.4. The van der Waals surface area contributed by atoms with Gasteiger partial charge in [-0.3, -0.25) is 13.9 Å². The first kappa shape index (κ1) is 28.1. The van der Waals surface area contributed by atoms with Crippen molar-refractivity contribution >= 4 is 27.5 Å². The Balaban J connectivity index is 1.45. The molecule has 2 aliphatic heterocycles. The summed E-state index contributed by atoms with van der Waals surface area (Å²) in [5, 5.41) is 2.84. The molecule has 1 fully saturated rings. The van der Waals surface area contributed by atoms with E-state index in [0.717, 1.165) is 16.8 Å². The van der Waals surface area contributed by atoms with E-state index in [9.17, 15) is 18.0 Å². The minimum Gasteiger partial charge on any atom is -0.374 e. The minimum absolute atomic E-state index is 0.0385. The molecule has 2 aliphatic rings. The number of nitrogens with zero attached hydrogens (tertiary/aromatic N) is 2. The third-order valence-electron chi connectivity index (χ3n) is 7.27. The summed E-state index contributed by atoms with van der Waals surface area (Å²) in [4.78, 5) is 28.0. The SMILES string of the molecule is CC(C)(N)CC(=O)N[C@H](COCc1ccccc1)C(=O)N1CCC2(CC1)CN(S(C)(=O)=O)c1ccccc12. The fourth-order valence-electron chi connectivity index (χ4n) is 5.39. The summed E-state index contributed by atoms with van der Waals surface area (Å²) in [5.41, 5.74) is 7.68. The summed E-state index contributed by atoms with van der Waals surface area (Å²) in [6.45, 7) is 5.17. The number of nitrogens with two attached hydrogens (primary N) is 1. The van der Waals surface area contributed by atoms with Gasteiger partial charge in [0.25, 0.3) is 0 Å². The van der Waals surface area contributed by atoms with E-state index in [4.69, 9.17) is 10.5 Å². The molecule has 2 aromatic rings. The average molecular weight is 543 g/mol. The lowest BCUT2D eigenvalue weighted by Crippen LogP contribution is -2.55. The predicted octanol–water partition coefficient (Wildman–Crippen LogP) is 2.16. The van der Waals surface area contributed by atoms with Crippen LogP contribution in [0, 0.1) is 0 Å². The van der Waals surface area contributed by atoms with Crippen LogP contribution in [0.3, 0.4) is 0 Å². The standard InChI is InChI=1S/C28H38N4O5S/c1-27(2,29)17-25(33)30-23(19-37-18-21-9-5-4-6-10-21)26(34)31-15-13-28(14-16-31)20-32(38(3,35)36)24-12-8-7-11-22(24)28/h4-12,23H,13-20,29H2,1-3H3,(H,30,33)/t23-/m1/s1. The number of hydrogen-bond donors (Lipinski definition) is 2. The van der Waals surface area contributed by atoms with Crippen molar-refractivity contribution in [2.45, 2.75) is 56.7 Å². The smallest absolute Gasteiger partial charge is 0.247 e. The van der Waals surface area contributed by atoms with Gasteiger partial charge in [-0.15, -0.1) is 0 Å². The number of likely N-dealkylation sites (tertiary alicyclic amines) is 1. The zero-order valence-corrected chi connectivity index (χ0v) is 23.2. The zero-order valence-electron chi connectivity index (χ0n) is 22.4. The van der Waals surface area contributed by atoms with Gasteiger partial charge in [-0.05, 0) is 43.9 Å². The third-order valence-corrected chi connectivity index (χ3v) is 8.39. The lowest BCUT2D eigenvalue weighted by atomic mass is 9.74. The normalized spacial score (nSPS) is 17.8. The molecule has 0 aromatic heterocycles. The Morgan fingerprint density at radius 3 is 2.34 bits per heavy atom. The number of rotatable bonds is 9. The van der Waals surface area contributed by atoms with Gasteiger partial charge in [0.05, 0.1) is 25.2 Å². The maximum atomic E-state index is 13.6. The number of amides is 2. The molecule has 10 heteroatoms. The van der Waals surface area contributed by atoms with Crippen molar-refractivity contribution in [3.8, 4) is 0 Å². The van der Waals surface area contributed by atoms with Crippen LogP contribution in [0.15, 0.2) is 54.6 Å². The van der Waals surface area contributed by atoms with Crippen molar-refractivity contribution in [3.63, 3.8) is 0 Å². The molecule has 0 saturated carbocycles. The van der Waals surface area contributed by atoms with E-state index in [1.807, 2.05) is 54.6 Å². The minimum atomic E-state index is -3.42. The molecular formula is C28H38N4O5S. The second-order valence-corrected chi connectivity index (χ2v) is 13.1. The highest BCUT2D eigenvalue weighted by Crippen LogP contribution is 2.47. The van der Waals surface area contributed by atoms with Gasteiger partial charge in [-0.1, -0.05) is 48.5 Å². The Bertz CT molecular complexity index is 1250. The molecule has 3 N–H and O–H groups in total. The van der Waals surface area contributed by atoms with Crippen molar-refractivity contribution < 1.29 is 22.7 Å². The van der Waals surface area contributed by atoms with Crippen LogP contribution in [-0.2, 0) is 36.4 Å². The van der Waals surface area contributed by atoms with Gasteiger partial charge in [0.2, 0.25) is 21.8 Å². The number of piperidine rings is 1. The van der Waals surface area contributed by atoms with E-state index >= 15 is 0 Å². The number of fused-ring (bicyclic) bond motifs is 2. The van der Waals surface area contributed by atoms with Gasteiger partial charge in [-0.2, -0.15) is 0 Å². The molecule has 38 heavy (non-hydrogen) atoms. The van der Waals surface area contributed by atoms with E-state index in [1.165, 1.54) is 10.6 Å². The topological polar surface area (TPSA) is 122 Å². The van der Waals surface area contributed by atoms with Gasteiger partial charge >= 0.3 is 0 Å². The first-order valence-corrected chi connectivity index (χ1v) is 14.8. The Hall–Kier alpha value is -2.95.